The average Bonchev–Trinajstić information content (AvgIpc) is 2.89. The van der Waals surface area contributed by atoms with Gasteiger partial charge in [-0.2, -0.15) is 5.26 Å². The molecule has 0 fully saturated rings. The van der Waals surface area contributed by atoms with Gasteiger partial charge in [0.05, 0.1) is 18.2 Å². The van der Waals surface area contributed by atoms with Gasteiger partial charge in [0.1, 0.15) is 12.6 Å². The summed E-state index contributed by atoms with van der Waals surface area (Å²) in [5.74, 6) is -0.327. The molecular weight excluding hydrogens is 368 g/mol. The molecule has 0 bridgehead atoms. The third-order valence-electron chi connectivity index (χ3n) is 4.30. The minimum absolute atomic E-state index is 0.105. The van der Waals surface area contributed by atoms with E-state index in [1.54, 1.807) is 11.8 Å². The summed E-state index contributed by atoms with van der Waals surface area (Å²) in [6, 6.07) is 13.7. The van der Waals surface area contributed by atoms with E-state index in [2.05, 4.69) is 6.07 Å². The van der Waals surface area contributed by atoms with Gasteiger partial charge in [-0.15, -0.1) is 0 Å². The molecule has 0 atom stereocenters. The Bertz CT molecular complexity index is 1030. The highest BCUT2D eigenvalue weighted by Gasteiger charge is 2.21. The Labute approximate surface area is 161 Å². The van der Waals surface area contributed by atoms with Gasteiger partial charge in [0, 0.05) is 25.9 Å². The first-order chi connectivity index (χ1) is 12.5. The smallest absolute Gasteiger partial charge is 0.325 e. The number of aryl methyl sites for hydroxylation is 1. The highest BCUT2D eigenvalue weighted by atomic mass is 35.5. The molecule has 6 heteroatoms. The molecule has 0 amide bonds. The molecule has 0 saturated carbocycles. The van der Waals surface area contributed by atoms with Crippen molar-refractivity contribution in [3.05, 3.63) is 58.2 Å². The van der Waals surface area contributed by atoms with E-state index in [4.69, 9.17) is 16.3 Å². The molecule has 3 rings (SSSR count). The second-order valence-corrected chi connectivity index (χ2v) is 7.42. The van der Waals surface area contributed by atoms with Crippen LogP contribution in [0, 0.1) is 25.2 Å². The van der Waals surface area contributed by atoms with Gasteiger partial charge in [0.25, 0.3) is 0 Å². The van der Waals surface area contributed by atoms with Gasteiger partial charge in [-0.25, -0.2) is 0 Å². The monoisotopic (exact) mass is 384 g/mol. The zero-order chi connectivity index (χ0) is 18.8. The number of halogens is 1. The number of nitrogens with zero attached hydrogens (tertiary/aromatic N) is 2. The Hall–Kier alpha value is -2.42. The number of ether oxygens (including phenoxy) is 1. The van der Waals surface area contributed by atoms with Crippen molar-refractivity contribution < 1.29 is 9.53 Å². The van der Waals surface area contributed by atoms with E-state index in [-0.39, 0.29) is 12.5 Å². The summed E-state index contributed by atoms with van der Waals surface area (Å²) in [6.45, 7) is 3.98. The third-order valence-corrected chi connectivity index (χ3v) is 5.77. The van der Waals surface area contributed by atoms with Crippen molar-refractivity contribution in [2.45, 2.75) is 30.2 Å². The molecule has 0 saturated heterocycles. The summed E-state index contributed by atoms with van der Waals surface area (Å²) in [7, 11) is 1.37. The standard InChI is InChI=1S/C20H17ClN2O2S/c1-12-4-9-17-19(16(12)10-22)20(13(2)23(17)11-18(24)25-3)26-15-7-5-14(21)6-8-15/h4-9H,11H2,1-3H3. The van der Waals surface area contributed by atoms with Gasteiger partial charge in [0.15, 0.2) is 0 Å². The summed E-state index contributed by atoms with van der Waals surface area (Å²) in [4.78, 5) is 13.9. The zero-order valence-electron chi connectivity index (χ0n) is 14.7. The molecule has 0 spiro atoms. The van der Waals surface area contributed by atoms with Crippen LogP contribution in [0.25, 0.3) is 10.9 Å². The molecule has 1 aromatic heterocycles. The largest absolute Gasteiger partial charge is 0.468 e. The van der Waals surface area contributed by atoms with Crippen molar-refractivity contribution in [3.8, 4) is 6.07 Å². The summed E-state index contributed by atoms with van der Waals surface area (Å²) in [5.41, 5.74) is 3.32. The number of rotatable bonds is 4. The minimum atomic E-state index is -0.327. The number of benzene rings is 2. The van der Waals surface area contributed by atoms with Crippen molar-refractivity contribution in [2.24, 2.45) is 0 Å². The van der Waals surface area contributed by atoms with E-state index in [1.807, 2.05) is 54.8 Å². The minimum Gasteiger partial charge on any atom is -0.468 e. The first-order valence-electron chi connectivity index (χ1n) is 7.99. The van der Waals surface area contributed by atoms with Crippen LogP contribution in [0.3, 0.4) is 0 Å². The first kappa shape index (κ1) is 18.4. The number of methoxy groups -OCH3 is 1. The van der Waals surface area contributed by atoms with Crippen LogP contribution in [0.4, 0.5) is 0 Å². The molecular formula is C20H17ClN2O2S. The molecule has 4 nitrogen and oxygen atoms in total. The number of nitriles is 1. The fraction of sp³-hybridized carbons (Fsp3) is 0.200. The van der Waals surface area contributed by atoms with Gasteiger partial charge in [-0.1, -0.05) is 29.4 Å². The summed E-state index contributed by atoms with van der Waals surface area (Å²) in [6.07, 6.45) is 0. The van der Waals surface area contributed by atoms with E-state index in [0.717, 1.165) is 32.0 Å². The van der Waals surface area contributed by atoms with Crippen molar-refractivity contribution in [3.63, 3.8) is 0 Å². The molecule has 0 unspecified atom stereocenters. The Morgan fingerprint density at radius 1 is 1.23 bits per heavy atom. The normalized spacial score (nSPS) is 10.7. The van der Waals surface area contributed by atoms with Gasteiger partial charge in [0.2, 0.25) is 0 Å². The number of hydrogen-bond acceptors (Lipinski definition) is 4. The third kappa shape index (κ3) is 3.31. The highest BCUT2D eigenvalue weighted by molar-refractivity contribution is 7.99. The van der Waals surface area contributed by atoms with Gasteiger partial charge >= 0.3 is 5.97 Å². The maximum atomic E-state index is 11.9. The van der Waals surface area contributed by atoms with Crippen LogP contribution in [0.15, 0.2) is 46.2 Å². The summed E-state index contributed by atoms with van der Waals surface area (Å²) in [5, 5.41) is 11.2. The van der Waals surface area contributed by atoms with Crippen LogP contribution in [-0.4, -0.2) is 17.6 Å². The lowest BCUT2D eigenvalue weighted by Crippen LogP contribution is -2.12. The lowest BCUT2D eigenvalue weighted by molar-refractivity contribution is -0.141. The molecule has 132 valence electrons. The second-order valence-electron chi connectivity index (χ2n) is 5.90. The summed E-state index contributed by atoms with van der Waals surface area (Å²) < 4.78 is 6.74. The number of carbonyl (C=O) groups is 1. The lowest BCUT2D eigenvalue weighted by Gasteiger charge is -2.07. The summed E-state index contributed by atoms with van der Waals surface area (Å²) >= 11 is 7.54. The first-order valence-corrected chi connectivity index (χ1v) is 9.18. The number of fused-ring (bicyclic) bond motifs is 1. The van der Waals surface area contributed by atoms with Gasteiger partial charge < -0.3 is 9.30 Å². The maximum Gasteiger partial charge on any atom is 0.325 e. The van der Waals surface area contributed by atoms with Crippen LogP contribution in [0.1, 0.15) is 16.8 Å². The van der Waals surface area contributed by atoms with E-state index in [9.17, 15) is 10.1 Å². The number of hydrogen-bond donors (Lipinski definition) is 0. The molecule has 3 aromatic rings. The molecule has 26 heavy (non-hydrogen) atoms. The van der Waals surface area contributed by atoms with Crippen LogP contribution < -0.4 is 0 Å². The quantitative estimate of drug-likeness (QED) is 0.586. The van der Waals surface area contributed by atoms with E-state index < -0.39 is 0 Å². The van der Waals surface area contributed by atoms with Crippen molar-refractivity contribution in [1.29, 1.82) is 5.26 Å². The Balaban J connectivity index is 2.24. The number of carbonyl (C=O) groups excluding carboxylic acids is 1. The fourth-order valence-electron chi connectivity index (χ4n) is 2.92. The van der Waals surface area contributed by atoms with Crippen molar-refractivity contribution in [2.75, 3.05) is 7.11 Å². The van der Waals surface area contributed by atoms with Crippen molar-refractivity contribution in [1.82, 2.24) is 4.57 Å². The Morgan fingerprint density at radius 2 is 1.92 bits per heavy atom. The topological polar surface area (TPSA) is 55.0 Å². The van der Waals surface area contributed by atoms with Gasteiger partial charge in [-0.05, 0) is 49.7 Å². The number of esters is 1. The lowest BCUT2D eigenvalue weighted by atomic mass is 10.1. The zero-order valence-corrected chi connectivity index (χ0v) is 16.2. The highest BCUT2D eigenvalue weighted by Crippen LogP contribution is 2.40. The molecule has 0 aliphatic heterocycles. The molecule has 0 N–H and O–H groups in total. The van der Waals surface area contributed by atoms with Crippen molar-refractivity contribution >= 4 is 40.2 Å². The second kappa shape index (κ2) is 7.45. The van der Waals surface area contributed by atoms with Gasteiger partial charge in [-0.3, -0.25) is 4.79 Å². The van der Waals surface area contributed by atoms with E-state index in [1.165, 1.54) is 7.11 Å². The predicted octanol–water partition coefficient (Wildman–Crippen LogP) is 5.11. The van der Waals surface area contributed by atoms with Crippen LogP contribution in [-0.2, 0) is 16.1 Å². The molecule has 0 aliphatic carbocycles. The SMILES string of the molecule is COC(=O)Cn1c(C)c(Sc2ccc(Cl)cc2)c2c(C#N)c(C)ccc21. The maximum absolute atomic E-state index is 11.9. The molecule has 1 heterocycles. The predicted molar refractivity (Wildman–Crippen MR) is 104 cm³/mol. The molecule has 0 radical (unpaired) electrons. The van der Waals surface area contributed by atoms with Crippen LogP contribution in [0.2, 0.25) is 5.02 Å². The number of aromatic nitrogens is 1. The average molecular weight is 385 g/mol. The van der Waals surface area contributed by atoms with Crippen LogP contribution >= 0.6 is 23.4 Å². The van der Waals surface area contributed by atoms with E-state index >= 15 is 0 Å². The Kier molecular flexibility index (Phi) is 5.26. The Morgan fingerprint density at radius 3 is 2.54 bits per heavy atom. The fourth-order valence-corrected chi connectivity index (χ4v) is 4.12. The molecule has 0 aliphatic rings. The van der Waals surface area contributed by atoms with Crippen LogP contribution in [0.5, 0.6) is 0 Å². The molecule has 2 aromatic carbocycles. The van der Waals surface area contributed by atoms with E-state index in [0.29, 0.717) is 10.6 Å².